The van der Waals surface area contributed by atoms with Crippen molar-refractivity contribution in [2.75, 3.05) is 150 Å². The number of alkyl halides is 2. The molecule has 3 aromatic heterocycles. The van der Waals surface area contributed by atoms with Crippen LogP contribution in [0.25, 0.3) is 22.3 Å². The molecular weight excluding hydrogens is 1510 g/mol. The normalized spacial score (nSPS) is 23.1. The fourth-order valence-corrected chi connectivity index (χ4v) is 16.1. The van der Waals surface area contributed by atoms with Crippen molar-refractivity contribution in [3.8, 4) is 22.3 Å². The van der Waals surface area contributed by atoms with Gasteiger partial charge in [0.25, 0.3) is 5.91 Å². The van der Waals surface area contributed by atoms with E-state index in [1.54, 1.807) is 32.0 Å². The Morgan fingerprint density at radius 1 is 0.673 bits per heavy atom. The van der Waals surface area contributed by atoms with Crippen molar-refractivity contribution < 1.29 is 126 Å². The van der Waals surface area contributed by atoms with Gasteiger partial charge in [-0.05, 0) is 97.7 Å². The first-order chi connectivity index (χ1) is 52.4. The molecular formula is C72H94F2N8O25S3. The standard InChI is InChI=1S/C72H94F2N8O25S3/c1-46-33-53-54-38-56(73)55-37-52(83)10-12-69(55,2)71(54,74)59(84)39-70(53,3)72(46,107-65(91)58-7-6-14-106-58)66(92)108-32-31-105-45-81-64(90)57(8-9-62(87)88)82-61(86)44-76-60(85)11-15-97-17-19-99-21-23-101-25-27-103-29-30-104-28-26-102-24-22-100-20-18-98-16-13-75-63(89)49-35-47(50-40-77-67(78-41-50)109(4,93)94)34-48(36-49)51-42-79-68(80-43-51)110(5,95)96/h6-7,10,12,14,34-37,40-43,46,53-54,56-57,59,84H,8-9,11,13,15-33,38-39,44-45H2,1-5H3,(H,75,89)(H,76,85)(H,81,90)(H,82,86)(H,87,88)/t46-,53+,54+,56+,57+,59+,69+,70+,71+,72+/m1/s1. The lowest BCUT2D eigenvalue weighted by Crippen LogP contribution is -2.70. The van der Waals surface area contributed by atoms with Gasteiger partial charge in [-0.1, -0.05) is 31.7 Å². The summed E-state index contributed by atoms with van der Waals surface area (Å²) in [5.74, 6) is -8.32. The van der Waals surface area contributed by atoms with Gasteiger partial charge in [0.1, 0.15) is 18.9 Å². The number of aromatic nitrogens is 4. The molecule has 8 rings (SSSR count). The first-order valence-electron chi connectivity index (χ1n) is 35.6. The number of fused-ring (bicyclic) bond motifs is 5. The van der Waals surface area contributed by atoms with Crippen LogP contribution in [0.15, 0.2) is 99.9 Å². The number of ether oxygens (including phenoxy) is 10. The molecule has 3 fully saturated rings. The molecule has 6 N–H and O–H groups in total. The van der Waals surface area contributed by atoms with Gasteiger partial charge in [-0.25, -0.2) is 50.3 Å². The van der Waals surface area contributed by atoms with Gasteiger partial charge >= 0.3 is 11.9 Å². The Kier molecular flexibility index (Phi) is 32.6. The highest BCUT2D eigenvalue weighted by Gasteiger charge is 2.78. The third kappa shape index (κ3) is 23.1. The Bertz CT molecular complexity index is 4020. The first-order valence-corrected chi connectivity index (χ1v) is 40.3. The predicted octanol–water partition coefficient (Wildman–Crippen LogP) is 3.23. The number of carboxylic acid groups (broad SMARTS) is 1. The molecule has 38 heteroatoms. The number of sulfone groups is 2. The van der Waals surface area contributed by atoms with Gasteiger partial charge in [0, 0.05) is 102 Å². The maximum absolute atomic E-state index is 18.0. The van der Waals surface area contributed by atoms with Crippen LogP contribution in [-0.4, -0.2) is 273 Å². The maximum Gasteiger partial charge on any atom is 0.375 e. The van der Waals surface area contributed by atoms with Gasteiger partial charge in [-0.2, -0.15) is 0 Å². The summed E-state index contributed by atoms with van der Waals surface area (Å²) in [5, 5.41) is 30.0. The Labute approximate surface area is 639 Å². The van der Waals surface area contributed by atoms with Gasteiger partial charge in [0.15, 0.2) is 17.1 Å². The third-order valence-corrected chi connectivity index (χ3v) is 22.1. The van der Waals surface area contributed by atoms with Crippen LogP contribution in [0, 0.1) is 28.6 Å². The van der Waals surface area contributed by atoms with E-state index in [2.05, 4.69) is 41.2 Å². The summed E-state index contributed by atoms with van der Waals surface area (Å²) in [6.07, 6.45) is 6.94. The van der Waals surface area contributed by atoms with Crippen LogP contribution in [0.3, 0.4) is 0 Å². The molecule has 0 spiro atoms. The van der Waals surface area contributed by atoms with E-state index in [9.17, 15) is 65.4 Å². The lowest BCUT2D eigenvalue weighted by Gasteiger charge is -2.63. The number of nitrogens with zero attached hydrogens (tertiary/aromatic N) is 4. The van der Waals surface area contributed by atoms with Crippen molar-refractivity contribution in [3.63, 3.8) is 0 Å². The zero-order chi connectivity index (χ0) is 79.7. The van der Waals surface area contributed by atoms with Crippen LogP contribution < -0.4 is 21.3 Å². The van der Waals surface area contributed by atoms with Gasteiger partial charge in [0.2, 0.25) is 58.6 Å². The maximum atomic E-state index is 18.0. The lowest BCUT2D eigenvalue weighted by molar-refractivity contribution is -0.221. The van der Waals surface area contributed by atoms with Crippen molar-refractivity contribution in [1.82, 2.24) is 41.2 Å². The zero-order valence-electron chi connectivity index (χ0n) is 61.6. The minimum absolute atomic E-state index is 0.00333. The monoisotopic (exact) mass is 1600 g/mol. The van der Waals surface area contributed by atoms with Gasteiger partial charge < -0.3 is 83.3 Å². The highest BCUT2D eigenvalue weighted by atomic mass is 32.2. The number of benzene rings is 1. The molecule has 110 heavy (non-hydrogen) atoms. The molecule has 3 heterocycles. The van der Waals surface area contributed by atoms with E-state index in [0.717, 1.165) is 36.4 Å². The molecule has 0 saturated heterocycles. The van der Waals surface area contributed by atoms with Crippen LogP contribution in [0.4, 0.5) is 8.78 Å². The van der Waals surface area contributed by atoms with Crippen molar-refractivity contribution in [2.45, 2.75) is 99.2 Å². The number of nitrogens with one attached hydrogen (secondary N) is 4. The van der Waals surface area contributed by atoms with E-state index in [1.165, 1.54) is 56.2 Å². The fourth-order valence-electron chi connectivity index (χ4n) is 14.0. The van der Waals surface area contributed by atoms with Crippen molar-refractivity contribution in [3.05, 3.63) is 96.5 Å². The number of furan rings is 1. The number of allylic oxidation sites excluding steroid dienone is 4. The molecule has 604 valence electrons. The number of hydrogen-bond donors (Lipinski definition) is 6. The summed E-state index contributed by atoms with van der Waals surface area (Å²) < 4.78 is 143. The zero-order valence-corrected chi connectivity index (χ0v) is 64.1. The number of aliphatic hydroxyl groups excluding tert-OH is 1. The Morgan fingerprint density at radius 2 is 1.20 bits per heavy atom. The largest absolute Gasteiger partial charge is 0.481 e. The number of carboxylic acids is 1. The molecule has 0 bridgehead atoms. The number of halogens is 2. The molecule has 4 aliphatic carbocycles. The van der Waals surface area contributed by atoms with E-state index in [-0.39, 0.29) is 124 Å². The van der Waals surface area contributed by atoms with Crippen LogP contribution in [0.1, 0.15) is 80.2 Å². The SMILES string of the molecule is C[C@@H]1C[C@H]2[C@@H]3C[C@H](F)C4=CC(=O)C=C[C@]4(C)[C@@]3(F)[C@@H](O)C[C@]2(C)[C@@]1(OC(=O)c1ccco1)C(=O)SCCOCNC(=O)[C@H](CCC(=O)O)NC(=O)CNC(=O)CCOCCOCCOCCOCCOCCOCCOCCOCCNC(=O)c1cc(-c2cnc(S(C)(=O)=O)nc2)cc(-c2cnc(S(C)(=O)=O)nc2)c1. The van der Waals surface area contributed by atoms with Crippen LogP contribution >= 0.6 is 11.8 Å². The molecule has 0 unspecified atom stereocenters. The highest BCUT2D eigenvalue weighted by molar-refractivity contribution is 8.13. The molecule has 4 aliphatic rings. The van der Waals surface area contributed by atoms with Crippen LogP contribution in [0.2, 0.25) is 0 Å². The molecule has 4 amide bonds. The first kappa shape index (κ1) is 87.6. The molecule has 1 aromatic carbocycles. The Morgan fingerprint density at radius 3 is 1.71 bits per heavy atom. The number of carbonyl (C=O) groups is 8. The summed E-state index contributed by atoms with van der Waals surface area (Å²) >= 11 is 0.738. The fraction of sp³-hybridized carbons (Fsp3) is 0.583. The number of ketones is 1. The van der Waals surface area contributed by atoms with Gasteiger partial charge in [-0.15, -0.1) is 0 Å². The summed E-state index contributed by atoms with van der Waals surface area (Å²) in [4.78, 5) is 120. The second kappa shape index (κ2) is 41.0. The average molecular weight is 1610 g/mol. The van der Waals surface area contributed by atoms with E-state index < -0.39 is 144 Å². The Hall–Kier alpha value is -7.99. The van der Waals surface area contributed by atoms with Crippen LogP contribution in [0.5, 0.6) is 0 Å². The van der Waals surface area contributed by atoms with Crippen molar-refractivity contribution in [1.29, 1.82) is 0 Å². The number of thioether (sulfide) groups is 1. The Balaban J connectivity index is 0.604. The number of esters is 1. The molecule has 3 saturated carbocycles. The number of aliphatic hydroxyl groups is 1. The highest BCUT2D eigenvalue weighted by Crippen LogP contribution is 2.72. The molecule has 4 aromatic rings. The molecule has 0 radical (unpaired) electrons. The topological polar surface area (TPSA) is 450 Å². The number of hydrogen-bond acceptors (Lipinski definition) is 29. The average Bonchev–Trinajstić information content (AvgIpc) is 1.41. The lowest BCUT2D eigenvalue weighted by atomic mass is 9.44. The number of rotatable bonds is 47. The predicted molar refractivity (Wildman–Crippen MR) is 386 cm³/mol. The third-order valence-electron chi connectivity index (χ3n) is 19.4. The minimum Gasteiger partial charge on any atom is -0.481 e. The number of aliphatic carboxylic acids is 1. The van der Waals surface area contributed by atoms with E-state index >= 15 is 8.78 Å². The second-order valence-corrected chi connectivity index (χ2v) is 31.8. The van der Waals surface area contributed by atoms with E-state index in [1.807, 2.05) is 0 Å². The second-order valence-electron chi connectivity index (χ2n) is 26.9. The summed E-state index contributed by atoms with van der Waals surface area (Å²) in [6.45, 7) is 8.15. The summed E-state index contributed by atoms with van der Waals surface area (Å²) in [7, 11) is -7.32. The summed E-state index contributed by atoms with van der Waals surface area (Å²) in [6, 6.07) is 6.29. The molecule has 10 atom stereocenters. The molecule has 33 nitrogen and oxygen atoms in total. The van der Waals surface area contributed by atoms with E-state index in [0.29, 0.717) is 81.7 Å². The summed E-state index contributed by atoms with van der Waals surface area (Å²) in [5.41, 5.74) is -5.64. The smallest absolute Gasteiger partial charge is 0.375 e. The van der Waals surface area contributed by atoms with Crippen molar-refractivity contribution >= 4 is 77.9 Å². The van der Waals surface area contributed by atoms with E-state index in [4.69, 9.17) is 51.8 Å². The number of carbonyl (C=O) groups excluding carboxylic acids is 7. The quantitative estimate of drug-likeness (QED) is 0.0160. The van der Waals surface area contributed by atoms with Gasteiger partial charge in [0.05, 0.1) is 131 Å². The van der Waals surface area contributed by atoms with Gasteiger partial charge in [-0.3, -0.25) is 33.6 Å². The molecule has 0 aliphatic heterocycles. The van der Waals surface area contributed by atoms with Crippen molar-refractivity contribution in [2.24, 2.45) is 28.6 Å². The number of amides is 4. The minimum atomic E-state index is -3.66. The van der Waals surface area contributed by atoms with Crippen LogP contribution in [-0.2, 0) is 95.8 Å².